The van der Waals surface area contributed by atoms with Crippen molar-refractivity contribution in [3.63, 3.8) is 0 Å². The Balaban J connectivity index is 0.937. The van der Waals surface area contributed by atoms with Crippen LogP contribution < -0.4 is 26.6 Å². The number of unbranched alkanes of at least 4 members (excludes halogenated alkanes) is 1. The average molecular weight is 998 g/mol. The third-order valence-electron chi connectivity index (χ3n) is 13.5. The number of ether oxygens (including phenoxy) is 1. The number of hydrogen-bond donors (Lipinski definition) is 8. The molecular weight excluding hydrogens is 934 g/mol. The highest BCUT2D eigenvalue weighted by molar-refractivity contribution is 7.70. The van der Waals surface area contributed by atoms with E-state index < -0.39 is 78.5 Å². The number of amides is 6. The van der Waals surface area contributed by atoms with Crippen molar-refractivity contribution in [1.29, 1.82) is 0 Å². The number of nitrogens with two attached hydrogens (primary N) is 1. The fourth-order valence-electron chi connectivity index (χ4n) is 9.53. The zero-order valence-electron chi connectivity index (χ0n) is 40.4. The molecule has 380 valence electrons. The first-order chi connectivity index (χ1) is 33.6. The van der Waals surface area contributed by atoms with Gasteiger partial charge in [-0.1, -0.05) is 63.2 Å². The van der Waals surface area contributed by atoms with Gasteiger partial charge < -0.3 is 51.2 Å². The third kappa shape index (κ3) is 12.8. The number of aryl methyl sites for hydroxylation is 2. The first-order valence-electron chi connectivity index (χ1n) is 24.1. The number of hydrogen-bond acceptors (Lipinski definition) is 10. The molecule has 7 rings (SSSR count). The lowest BCUT2D eigenvalue weighted by Crippen LogP contribution is -2.56. The molecule has 71 heavy (non-hydrogen) atoms. The number of primary amides is 1. The molecule has 0 aliphatic carbocycles. The van der Waals surface area contributed by atoms with Crippen LogP contribution >= 0.6 is 7.60 Å². The molecule has 20 heteroatoms. The number of H-pyrrole nitrogens is 1. The van der Waals surface area contributed by atoms with Crippen LogP contribution in [-0.4, -0.2) is 115 Å². The Morgan fingerprint density at radius 2 is 1.65 bits per heavy atom. The van der Waals surface area contributed by atoms with Crippen LogP contribution in [0.4, 0.5) is 5.69 Å². The van der Waals surface area contributed by atoms with E-state index in [1.165, 1.54) is 29.2 Å². The van der Waals surface area contributed by atoms with E-state index in [0.717, 1.165) is 35.1 Å². The number of fused-ring (bicyclic) bond motifs is 1. The molecule has 4 aromatic rings. The van der Waals surface area contributed by atoms with Crippen molar-refractivity contribution in [2.24, 2.45) is 11.1 Å². The predicted molar refractivity (Wildman–Crippen MR) is 263 cm³/mol. The number of nitrogens with zero attached hydrogens (tertiary/aromatic N) is 2. The normalized spacial score (nSPS) is 19.1. The zero-order chi connectivity index (χ0) is 51.4. The van der Waals surface area contributed by atoms with Crippen molar-refractivity contribution in [3.8, 4) is 0 Å². The topological polar surface area (TPSA) is 291 Å². The fraction of sp³-hybridized carbons (Fsp3) is 0.471. The molecule has 9 N–H and O–H groups in total. The molecule has 6 atom stereocenters. The van der Waals surface area contributed by atoms with Crippen molar-refractivity contribution in [1.82, 2.24) is 25.8 Å². The second kappa shape index (κ2) is 22.0. The molecule has 1 aromatic heterocycles. The van der Waals surface area contributed by atoms with Crippen LogP contribution in [0.25, 0.3) is 10.9 Å². The molecular formula is C51H64N7O12P. The van der Waals surface area contributed by atoms with Gasteiger partial charge in [-0.2, -0.15) is 0 Å². The summed E-state index contributed by atoms with van der Waals surface area (Å²) in [7, 11) is -5.04. The van der Waals surface area contributed by atoms with E-state index in [1.807, 2.05) is 63.2 Å². The number of rotatable bonds is 20. The molecule has 0 saturated carbocycles. The van der Waals surface area contributed by atoms with E-state index in [-0.39, 0.29) is 68.3 Å². The van der Waals surface area contributed by atoms with Crippen LogP contribution in [0.3, 0.4) is 0 Å². The van der Waals surface area contributed by atoms with Gasteiger partial charge >= 0.3 is 7.60 Å². The van der Waals surface area contributed by atoms with Gasteiger partial charge in [-0.05, 0) is 104 Å². The summed E-state index contributed by atoms with van der Waals surface area (Å²) >= 11 is 0. The Morgan fingerprint density at radius 3 is 2.32 bits per heavy atom. The van der Waals surface area contributed by atoms with E-state index in [2.05, 4.69) is 20.9 Å². The van der Waals surface area contributed by atoms with Gasteiger partial charge in [-0.25, -0.2) is 0 Å². The highest BCUT2D eigenvalue weighted by atomic mass is 31.2. The monoisotopic (exact) mass is 997 g/mol. The molecule has 3 aliphatic rings. The molecule has 3 aliphatic heterocycles. The second-order valence-corrected chi connectivity index (χ2v) is 21.5. The summed E-state index contributed by atoms with van der Waals surface area (Å²) < 4.78 is 17.8. The van der Waals surface area contributed by atoms with Gasteiger partial charge in [0.2, 0.25) is 29.5 Å². The van der Waals surface area contributed by atoms with Gasteiger partial charge in [-0.15, -0.1) is 0 Å². The number of para-hydroxylation sites is 1. The van der Waals surface area contributed by atoms with Crippen LogP contribution in [0.2, 0.25) is 0 Å². The van der Waals surface area contributed by atoms with Crippen LogP contribution in [0.1, 0.15) is 116 Å². The number of aromatic amines is 1. The van der Waals surface area contributed by atoms with Gasteiger partial charge in [0.05, 0.1) is 30.5 Å². The molecule has 19 nitrogen and oxygen atoms in total. The zero-order valence-corrected chi connectivity index (χ0v) is 41.3. The summed E-state index contributed by atoms with van der Waals surface area (Å²) in [6, 6.07) is 15.4. The molecule has 4 heterocycles. The van der Waals surface area contributed by atoms with Gasteiger partial charge in [-0.3, -0.25) is 43.0 Å². The third-order valence-corrected chi connectivity index (χ3v) is 14.3. The fourth-order valence-corrected chi connectivity index (χ4v) is 10.0. The average Bonchev–Trinajstić information content (AvgIpc) is 4.05. The van der Waals surface area contributed by atoms with Crippen molar-refractivity contribution >= 4 is 65.2 Å². The minimum Gasteiger partial charge on any atom is -0.391 e. The molecule has 6 amide bonds. The summed E-state index contributed by atoms with van der Waals surface area (Å²) in [6.45, 7) is 8.46. The summed E-state index contributed by atoms with van der Waals surface area (Å²) in [5, 5.41) is 19.1. The number of aromatic nitrogens is 1. The first kappa shape index (κ1) is 52.6. The summed E-state index contributed by atoms with van der Waals surface area (Å²) in [5.74, 6) is -2.52. The summed E-state index contributed by atoms with van der Waals surface area (Å²) in [4.78, 5) is 118. The van der Waals surface area contributed by atoms with Crippen LogP contribution in [0.5, 0.6) is 0 Å². The molecule has 1 saturated heterocycles. The van der Waals surface area contributed by atoms with Crippen molar-refractivity contribution in [2.75, 3.05) is 18.0 Å². The molecule has 0 unspecified atom stereocenters. The Kier molecular flexibility index (Phi) is 16.3. The minimum atomic E-state index is -5.04. The Bertz CT molecular complexity index is 2730. The molecule has 0 radical (unpaired) electrons. The number of carbonyl (C=O) groups excluding carboxylic acids is 7. The number of benzene rings is 3. The molecule has 3 aromatic carbocycles. The number of aliphatic hydroxyl groups excluding tert-OH is 1. The maximum atomic E-state index is 14.5. The highest BCUT2D eigenvalue weighted by Gasteiger charge is 2.45. The standard InChI is InChI=1S/C51H64N7O12P/c1-29(70-28-31-14-12-30(13-15-31)8-5-6-11-43(61)56-45(51(2,3)4)49(65)57-23-22-36(59)27-57)37(20-21-42(52)60)54-47(63)41-26-33-10-7-9-32-16-19-39(48(64)58(41)44(32)33)55-46(62)40-25-35-24-34(17-18-38(35)53-40)50(66)71(67,68)69/h7,9-10,12-15,17-18,24-25,29,36-37,39,41,45,53,59H,5-6,8,11,16,19-23,26-28H2,1-4H3,(H2,52,60)(H,54,63)(H,55,62)(H,56,61)(H2,67,68,69)/t29-,36-,37+,39+,41+,45-/m1/s1. The molecule has 1 fully saturated rings. The lowest BCUT2D eigenvalue weighted by molar-refractivity contribution is -0.138. The highest BCUT2D eigenvalue weighted by Crippen LogP contribution is 2.41. The summed E-state index contributed by atoms with van der Waals surface area (Å²) in [5.41, 5.74) is 8.15. The molecule has 0 spiro atoms. The van der Waals surface area contributed by atoms with Gasteiger partial charge in [0, 0.05) is 48.8 Å². The Morgan fingerprint density at radius 1 is 0.930 bits per heavy atom. The van der Waals surface area contributed by atoms with Gasteiger partial charge in [0.25, 0.3) is 11.4 Å². The van der Waals surface area contributed by atoms with E-state index in [4.69, 9.17) is 10.5 Å². The Labute approximate surface area is 411 Å². The van der Waals surface area contributed by atoms with E-state index >= 15 is 0 Å². The summed E-state index contributed by atoms with van der Waals surface area (Å²) in [6.07, 6.45) is 2.79. The quantitative estimate of drug-likeness (QED) is 0.0465. The maximum absolute atomic E-state index is 14.5. The lowest BCUT2D eigenvalue weighted by atomic mass is 9.85. The van der Waals surface area contributed by atoms with Crippen molar-refractivity contribution in [3.05, 3.63) is 100 Å². The van der Waals surface area contributed by atoms with Gasteiger partial charge in [0.1, 0.15) is 23.8 Å². The minimum absolute atomic E-state index is 0.0330. The van der Waals surface area contributed by atoms with E-state index in [1.54, 1.807) is 11.8 Å². The van der Waals surface area contributed by atoms with Crippen LogP contribution in [-0.2, 0) is 59.1 Å². The number of anilines is 1. The number of likely N-dealkylation sites (tertiary alicyclic amines) is 1. The van der Waals surface area contributed by atoms with Crippen LogP contribution in [0.15, 0.2) is 66.7 Å². The van der Waals surface area contributed by atoms with Crippen molar-refractivity contribution in [2.45, 2.75) is 135 Å². The lowest BCUT2D eigenvalue weighted by Gasteiger charge is -2.33. The maximum Gasteiger partial charge on any atom is 0.396 e. The second-order valence-electron chi connectivity index (χ2n) is 20.0. The van der Waals surface area contributed by atoms with Gasteiger partial charge in [0.15, 0.2) is 0 Å². The van der Waals surface area contributed by atoms with Crippen molar-refractivity contribution < 1.29 is 57.8 Å². The number of carbonyl (C=O) groups is 7. The van der Waals surface area contributed by atoms with Crippen LogP contribution in [0, 0.1) is 5.41 Å². The Hall–Kier alpha value is -6.24. The number of aliphatic hydroxyl groups is 1. The smallest absolute Gasteiger partial charge is 0.391 e. The molecule has 0 bridgehead atoms. The SMILES string of the molecule is C[C@@H](OCc1ccc(CCCCC(=O)N[C@H](C(=O)N2CC[C@@H](O)C2)C(C)(C)C)cc1)[C@H](CCC(N)=O)NC(=O)[C@@H]1Cc2cccc3c2N1C(=O)[C@@H](NC(=O)c1cc2cc(C(=O)P(=O)(O)O)ccc2[nH]1)CC3. The largest absolute Gasteiger partial charge is 0.396 e. The van der Waals surface area contributed by atoms with E-state index in [9.17, 15) is 53.0 Å². The predicted octanol–water partition coefficient (Wildman–Crippen LogP) is 3.68. The number of β-amino-alcohol motifs (C(OH)–C–C–N with tert-alkyl or cyclic N) is 1. The number of nitrogens with one attached hydrogen (secondary N) is 4. The van der Waals surface area contributed by atoms with E-state index in [0.29, 0.717) is 42.4 Å². The first-order valence-corrected chi connectivity index (χ1v) is 25.7.